The molecule has 1 aromatic heterocycles. The van der Waals surface area contributed by atoms with Gasteiger partial charge >= 0.3 is 5.97 Å². The number of hydrogen-bond acceptors (Lipinski definition) is 7. The smallest absolute Gasteiger partial charge is 0.316 e. The minimum Gasteiger partial charge on any atom is -0.455 e. The van der Waals surface area contributed by atoms with Crippen molar-refractivity contribution in [1.82, 2.24) is 14.8 Å². The molecular formula is C27H23N5O3S. The van der Waals surface area contributed by atoms with Crippen LogP contribution in [-0.4, -0.2) is 45.5 Å². The Kier molecular flexibility index (Phi) is 8.46. The predicted molar refractivity (Wildman–Crippen MR) is 138 cm³/mol. The lowest BCUT2D eigenvalue weighted by Crippen LogP contribution is -2.35. The van der Waals surface area contributed by atoms with Gasteiger partial charge in [0.15, 0.2) is 17.6 Å². The lowest BCUT2D eigenvalue weighted by molar-refractivity contribution is -0.145. The van der Waals surface area contributed by atoms with E-state index < -0.39 is 18.5 Å². The number of ether oxygens (including phenoxy) is 1. The molecule has 0 fully saturated rings. The number of amides is 1. The number of aromatic nitrogens is 3. The van der Waals surface area contributed by atoms with E-state index in [4.69, 9.17) is 10.00 Å². The maximum absolute atomic E-state index is 12.7. The van der Waals surface area contributed by atoms with Gasteiger partial charge in [-0.05, 0) is 24.3 Å². The number of nitrogens with zero attached hydrogens (tertiary/aromatic N) is 5. The van der Waals surface area contributed by atoms with Crippen LogP contribution in [0.2, 0.25) is 0 Å². The van der Waals surface area contributed by atoms with Gasteiger partial charge in [-0.2, -0.15) is 5.26 Å². The van der Waals surface area contributed by atoms with Gasteiger partial charge in [-0.15, -0.1) is 10.2 Å². The second kappa shape index (κ2) is 12.3. The molecule has 0 saturated carbocycles. The van der Waals surface area contributed by atoms with Crippen molar-refractivity contribution in [2.45, 2.75) is 11.6 Å². The summed E-state index contributed by atoms with van der Waals surface area (Å²) in [6.45, 7) is -0.200. The van der Waals surface area contributed by atoms with Crippen molar-refractivity contribution in [2.75, 3.05) is 23.8 Å². The highest BCUT2D eigenvalue weighted by molar-refractivity contribution is 7.99. The molecule has 180 valence electrons. The fraction of sp³-hybridized carbons (Fsp3) is 0.148. The van der Waals surface area contributed by atoms with Crippen molar-refractivity contribution in [3.8, 4) is 23.1 Å². The summed E-state index contributed by atoms with van der Waals surface area (Å²) in [5.74, 6) is -0.334. The second-order valence-corrected chi connectivity index (χ2v) is 8.52. The zero-order valence-corrected chi connectivity index (χ0v) is 20.2. The van der Waals surface area contributed by atoms with Crippen molar-refractivity contribution in [3.63, 3.8) is 0 Å². The van der Waals surface area contributed by atoms with Crippen LogP contribution in [0.3, 0.4) is 0 Å². The van der Waals surface area contributed by atoms with Crippen LogP contribution in [0.4, 0.5) is 5.69 Å². The van der Waals surface area contributed by atoms with E-state index in [1.165, 1.54) is 16.7 Å². The molecule has 1 amide bonds. The molecule has 8 nitrogen and oxygen atoms in total. The van der Waals surface area contributed by atoms with Crippen LogP contribution in [-0.2, 0) is 14.3 Å². The van der Waals surface area contributed by atoms with E-state index in [9.17, 15) is 9.59 Å². The number of rotatable bonds is 10. The van der Waals surface area contributed by atoms with E-state index in [1.54, 1.807) is 24.3 Å². The van der Waals surface area contributed by atoms with Crippen molar-refractivity contribution in [2.24, 2.45) is 0 Å². The Hall–Kier alpha value is -4.42. The SMILES string of the molecule is N#CCCN(C(=O)COC(=O)CSc1nnc(-c2ccccc2)n1-c1ccccc1)c1ccccc1. The molecule has 0 N–H and O–H groups in total. The third kappa shape index (κ3) is 6.17. The van der Waals surface area contributed by atoms with Crippen LogP contribution in [0.1, 0.15) is 6.42 Å². The third-order valence-electron chi connectivity index (χ3n) is 5.17. The first-order chi connectivity index (χ1) is 17.7. The fourth-order valence-electron chi connectivity index (χ4n) is 3.50. The van der Waals surface area contributed by atoms with Crippen LogP contribution in [0, 0.1) is 11.3 Å². The Morgan fingerprint density at radius 2 is 1.56 bits per heavy atom. The minimum absolute atomic E-state index is 0.0451. The van der Waals surface area contributed by atoms with E-state index in [0.717, 1.165) is 11.3 Å². The molecule has 0 aliphatic carbocycles. The van der Waals surface area contributed by atoms with Crippen LogP contribution in [0.15, 0.2) is 96.2 Å². The molecule has 3 aromatic carbocycles. The Morgan fingerprint density at radius 1 is 0.917 bits per heavy atom. The number of carbonyl (C=O) groups is 2. The molecule has 0 unspecified atom stereocenters. The zero-order valence-electron chi connectivity index (χ0n) is 19.4. The third-order valence-corrected chi connectivity index (χ3v) is 6.07. The normalized spacial score (nSPS) is 10.4. The molecule has 9 heteroatoms. The van der Waals surface area contributed by atoms with E-state index in [2.05, 4.69) is 10.2 Å². The number of para-hydroxylation sites is 2. The highest BCUT2D eigenvalue weighted by atomic mass is 32.2. The van der Waals surface area contributed by atoms with Crippen molar-refractivity contribution in [1.29, 1.82) is 5.26 Å². The first-order valence-corrected chi connectivity index (χ1v) is 12.2. The average molecular weight is 498 g/mol. The maximum Gasteiger partial charge on any atom is 0.316 e. The average Bonchev–Trinajstić information content (AvgIpc) is 3.36. The molecule has 0 spiro atoms. The lowest BCUT2D eigenvalue weighted by atomic mass is 10.2. The monoisotopic (exact) mass is 497 g/mol. The van der Waals surface area contributed by atoms with Gasteiger partial charge in [0.2, 0.25) is 0 Å². The maximum atomic E-state index is 12.7. The molecule has 0 aliphatic heterocycles. The number of esters is 1. The second-order valence-electron chi connectivity index (χ2n) is 7.58. The van der Waals surface area contributed by atoms with Gasteiger partial charge in [-0.1, -0.05) is 78.5 Å². The molecule has 36 heavy (non-hydrogen) atoms. The Bertz CT molecular complexity index is 1340. The molecule has 0 aliphatic rings. The standard InChI is InChI=1S/C27H23N5O3S/c28-17-10-18-31(22-13-6-2-7-14-22)24(33)19-35-25(34)20-36-27-30-29-26(21-11-4-1-5-12-21)32(27)23-15-8-3-9-16-23/h1-9,11-16H,10,18-20H2. The summed E-state index contributed by atoms with van der Waals surface area (Å²) in [4.78, 5) is 26.7. The summed E-state index contributed by atoms with van der Waals surface area (Å²) >= 11 is 1.18. The van der Waals surface area contributed by atoms with E-state index in [0.29, 0.717) is 16.7 Å². The summed E-state index contributed by atoms with van der Waals surface area (Å²) in [6, 6.07) is 30.3. The van der Waals surface area contributed by atoms with Crippen LogP contribution in [0.25, 0.3) is 17.1 Å². The van der Waals surface area contributed by atoms with Crippen LogP contribution < -0.4 is 4.90 Å². The van der Waals surface area contributed by atoms with Gasteiger partial charge in [0.05, 0.1) is 18.2 Å². The molecule has 0 atom stereocenters. The summed E-state index contributed by atoms with van der Waals surface area (Å²) in [7, 11) is 0. The largest absolute Gasteiger partial charge is 0.455 e. The van der Waals surface area contributed by atoms with Crippen molar-refractivity contribution < 1.29 is 14.3 Å². The molecule has 4 rings (SSSR count). The topological polar surface area (TPSA) is 101 Å². The molecule has 4 aromatic rings. The van der Waals surface area contributed by atoms with Gasteiger partial charge in [0.1, 0.15) is 0 Å². The van der Waals surface area contributed by atoms with Crippen molar-refractivity contribution in [3.05, 3.63) is 91.0 Å². The van der Waals surface area contributed by atoms with E-state index in [-0.39, 0.29) is 18.7 Å². The van der Waals surface area contributed by atoms with E-state index in [1.807, 2.05) is 77.4 Å². The Labute approximate surface area is 213 Å². The van der Waals surface area contributed by atoms with Crippen LogP contribution >= 0.6 is 11.8 Å². The fourth-order valence-corrected chi connectivity index (χ4v) is 4.25. The molecule has 1 heterocycles. The first kappa shape index (κ1) is 24.7. The molecule has 0 radical (unpaired) electrons. The Balaban J connectivity index is 1.42. The summed E-state index contributed by atoms with van der Waals surface area (Å²) in [5, 5.41) is 18.1. The number of thioether (sulfide) groups is 1. The zero-order chi connectivity index (χ0) is 25.2. The highest BCUT2D eigenvalue weighted by Gasteiger charge is 2.20. The lowest BCUT2D eigenvalue weighted by Gasteiger charge is -2.21. The molecule has 0 saturated heterocycles. The van der Waals surface area contributed by atoms with Crippen molar-refractivity contribution >= 4 is 29.3 Å². The van der Waals surface area contributed by atoms with Gasteiger partial charge < -0.3 is 9.64 Å². The van der Waals surface area contributed by atoms with Gasteiger partial charge in [-0.3, -0.25) is 14.2 Å². The summed E-state index contributed by atoms with van der Waals surface area (Å²) in [6.07, 6.45) is 0.170. The highest BCUT2D eigenvalue weighted by Crippen LogP contribution is 2.28. The van der Waals surface area contributed by atoms with Gasteiger partial charge in [-0.25, -0.2) is 0 Å². The summed E-state index contributed by atoms with van der Waals surface area (Å²) < 4.78 is 7.14. The van der Waals surface area contributed by atoms with Gasteiger partial charge in [0, 0.05) is 23.5 Å². The van der Waals surface area contributed by atoms with Crippen LogP contribution in [0.5, 0.6) is 0 Å². The number of benzene rings is 3. The molecular weight excluding hydrogens is 474 g/mol. The predicted octanol–water partition coefficient (Wildman–Crippen LogP) is 4.52. The van der Waals surface area contributed by atoms with E-state index >= 15 is 0 Å². The first-order valence-electron chi connectivity index (χ1n) is 11.2. The molecule has 0 bridgehead atoms. The number of nitriles is 1. The number of anilines is 1. The quantitative estimate of drug-likeness (QED) is 0.235. The Morgan fingerprint density at radius 3 is 2.22 bits per heavy atom. The number of hydrogen-bond donors (Lipinski definition) is 0. The van der Waals surface area contributed by atoms with Gasteiger partial charge in [0.25, 0.3) is 5.91 Å². The minimum atomic E-state index is -0.550. The summed E-state index contributed by atoms with van der Waals surface area (Å²) in [5.41, 5.74) is 2.41. The number of carbonyl (C=O) groups excluding carboxylic acids is 2.